The van der Waals surface area contributed by atoms with Crippen LogP contribution in [0.15, 0.2) is 61.2 Å². The molecule has 0 aliphatic carbocycles. The summed E-state index contributed by atoms with van der Waals surface area (Å²) in [5.41, 5.74) is 4.12. The van der Waals surface area contributed by atoms with Gasteiger partial charge in [0.15, 0.2) is 0 Å². The molecule has 2 rings (SSSR count). The third-order valence-electron chi connectivity index (χ3n) is 2.98. The van der Waals surface area contributed by atoms with Crippen molar-refractivity contribution in [3.8, 4) is 0 Å². The van der Waals surface area contributed by atoms with Crippen LogP contribution in [0.4, 0.5) is 0 Å². The van der Waals surface area contributed by atoms with Crippen molar-refractivity contribution in [3.05, 3.63) is 66.8 Å². The lowest BCUT2D eigenvalue weighted by molar-refractivity contribution is 0.0746. The third-order valence-corrected chi connectivity index (χ3v) is 2.98. The average Bonchev–Trinajstić information content (AvgIpc) is 2.45. The van der Waals surface area contributed by atoms with Gasteiger partial charge in [-0.05, 0) is 28.8 Å². The number of fused-ring (bicyclic) bond motifs is 1. The molecule has 0 saturated heterocycles. The van der Waals surface area contributed by atoms with Crippen molar-refractivity contribution >= 4 is 16.8 Å². The Balaban J connectivity index is 2.17. The Labute approximate surface area is 114 Å². The summed E-state index contributed by atoms with van der Waals surface area (Å²) < 4.78 is 0. The SMILES string of the molecule is C=CCC(/C=C/c1ccc2ccccc2c1)NOC. The van der Waals surface area contributed by atoms with Crippen molar-refractivity contribution in [2.24, 2.45) is 0 Å². The normalized spacial score (nSPS) is 12.9. The molecule has 0 aliphatic rings. The largest absolute Gasteiger partial charge is 0.305 e. The highest BCUT2D eigenvalue weighted by molar-refractivity contribution is 5.84. The molecular formula is C17H19NO. The molecule has 0 bridgehead atoms. The van der Waals surface area contributed by atoms with Crippen LogP contribution in [-0.2, 0) is 4.84 Å². The summed E-state index contributed by atoms with van der Waals surface area (Å²) in [6.45, 7) is 3.75. The lowest BCUT2D eigenvalue weighted by Crippen LogP contribution is -2.25. The predicted octanol–water partition coefficient (Wildman–Crippen LogP) is 3.95. The van der Waals surface area contributed by atoms with Crippen LogP contribution in [0.2, 0.25) is 0 Å². The summed E-state index contributed by atoms with van der Waals surface area (Å²) in [6, 6.07) is 15.0. The van der Waals surface area contributed by atoms with E-state index in [-0.39, 0.29) is 6.04 Å². The van der Waals surface area contributed by atoms with Crippen LogP contribution < -0.4 is 5.48 Å². The van der Waals surface area contributed by atoms with E-state index in [4.69, 9.17) is 4.84 Å². The molecule has 19 heavy (non-hydrogen) atoms. The third kappa shape index (κ3) is 3.78. The first-order valence-electron chi connectivity index (χ1n) is 6.40. The summed E-state index contributed by atoms with van der Waals surface area (Å²) >= 11 is 0. The van der Waals surface area contributed by atoms with Crippen molar-refractivity contribution in [1.29, 1.82) is 0 Å². The number of hydrogen-bond donors (Lipinski definition) is 1. The number of benzene rings is 2. The van der Waals surface area contributed by atoms with Crippen molar-refractivity contribution in [1.82, 2.24) is 5.48 Å². The van der Waals surface area contributed by atoms with Gasteiger partial charge in [0.1, 0.15) is 0 Å². The van der Waals surface area contributed by atoms with E-state index in [9.17, 15) is 0 Å². The van der Waals surface area contributed by atoms with Crippen molar-refractivity contribution < 1.29 is 4.84 Å². The second-order valence-corrected chi connectivity index (χ2v) is 4.42. The fourth-order valence-corrected chi connectivity index (χ4v) is 2.04. The molecule has 1 unspecified atom stereocenters. The molecule has 2 aromatic carbocycles. The standard InChI is InChI=1S/C17H19NO/c1-3-6-17(18-19-2)12-10-14-9-11-15-7-4-5-8-16(15)13-14/h3-5,7-13,17-18H,1,6H2,2H3/b12-10+. The summed E-state index contributed by atoms with van der Waals surface area (Å²) in [6.07, 6.45) is 6.90. The highest BCUT2D eigenvalue weighted by Gasteiger charge is 2.00. The van der Waals surface area contributed by atoms with Gasteiger partial charge in [0.25, 0.3) is 0 Å². The topological polar surface area (TPSA) is 21.3 Å². The fourth-order valence-electron chi connectivity index (χ4n) is 2.04. The molecule has 98 valence electrons. The molecule has 0 amide bonds. The maximum Gasteiger partial charge on any atom is 0.0572 e. The first kappa shape index (κ1) is 13.5. The van der Waals surface area contributed by atoms with Gasteiger partial charge in [0.05, 0.1) is 13.2 Å². The minimum absolute atomic E-state index is 0.147. The van der Waals surface area contributed by atoms with Gasteiger partial charge in [-0.15, -0.1) is 6.58 Å². The molecule has 1 N–H and O–H groups in total. The van der Waals surface area contributed by atoms with Crippen molar-refractivity contribution in [2.75, 3.05) is 7.11 Å². The Morgan fingerprint density at radius 2 is 2.00 bits per heavy atom. The van der Waals surface area contributed by atoms with E-state index in [0.29, 0.717) is 0 Å². The van der Waals surface area contributed by atoms with Crippen molar-refractivity contribution in [2.45, 2.75) is 12.5 Å². The molecular weight excluding hydrogens is 234 g/mol. The molecule has 0 radical (unpaired) electrons. The molecule has 2 heteroatoms. The van der Waals surface area contributed by atoms with Gasteiger partial charge in [0, 0.05) is 0 Å². The zero-order valence-corrected chi connectivity index (χ0v) is 11.2. The number of rotatable bonds is 6. The second-order valence-electron chi connectivity index (χ2n) is 4.42. The van der Waals surface area contributed by atoms with Crippen LogP contribution in [0.25, 0.3) is 16.8 Å². The highest BCUT2D eigenvalue weighted by atomic mass is 16.6. The maximum absolute atomic E-state index is 4.97. The summed E-state index contributed by atoms with van der Waals surface area (Å²) in [4.78, 5) is 4.97. The van der Waals surface area contributed by atoms with Gasteiger partial charge < -0.3 is 4.84 Å². The lowest BCUT2D eigenvalue weighted by atomic mass is 10.1. The zero-order chi connectivity index (χ0) is 13.5. The molecule has 2 nitrogen and oxygen atoms in total. The Morgan fingerprint density at radius 3 is 2.74 bits per heavy atom. The number of hydrogen-bond acceptors (Lipinski definition) is 2. The predicted molar refractivity (Wildman–Crippen MR) is 81.7 cm³/mol. The molecule has 0 spiro atoms. The fraction of sp³-hybridized carbons (Fsp3) is 0.176. The van der Waals surface area contributed by atoms with E-state index in [0.717, 1.165) is 6.42 Å². The Kier molecular flexibility index (Phi) is 4.90. The van der Waals surface area contributed by atoms with E-state index >= 15 is 0 Å². The molecule has 1 atom stereocenters. The Hall–Kier alpha value is -1.90. The van der Waals surface area contributed by atoms with E-state index < -0.39 is 0 Å². The van der Waals surface area contributed by atoms with Crippen LogP contribution in [0.1, 0.15) is 12.0 Å². The van der Waals surface area contributed by atoms with Crippen molar-refractivity contribution in [3.63, 3.8) is 0 Å². The smallest absolute Gasteiger partial charge is 0.0572 e. The number of nitrogens with one attached hydrogen (secondary N) is 1. The van der Waals surface area contributed by atoms with Gasteiger partial charge in [-0.3, -0.25) is 0 Å². The number of hydroxylamine groups is 1. The van der Waals surface area contributed by atoms with Crippen LogP contribution in [-0.4, -0.2) is 13.2 Å². The first-order valence-corrected chi connectivity index (χ1v) is 6.40. The molecule has 2 aromatic rings. The van der Waals surface area contributed by atoms with E-state index in [1.54, 1.807) is 7.11 Å². The second kappa shape index (κ2) is 6.88. The Bertz CT molecular complexity index is 574. The van der Waals surface area contributed by atoms with Gasteiger partial charge in [0.2, 0.25) is 0 Å². The molecule has 0 heterocycles. The quantitative estimate of drug-likeness (QED) is 0.621. The monoisotopic (exact) mass is 253 g/mol. The molecule has 0 saturated carbocycles. The molecule has 0 fully saturated rings. The van der Waals surface area contributed by atoms with E-state index in [1.165, 1.54) is 16.3 Å². The van der Waals surface area contributed by atoms with Gasteiger partial charge >= 0.3 is 0 Å². The first-order chi connectivity index (χ1) is 9.33. The van der Waals surface area contributed by atoms with Crippen LogP contribution in [0.3, 0.4) is 0 Å². The van der Waals surface area contributed by atoms with Gasteiger partial charge in [-0.2, -0.15) is 5.48 Å². The van der Waals surface area contributed by atoms with Crippen LogP contribution >= 0.6 is 0 Å². The minimum atomic E-state index is 0.147. The lowest BCUT2D eigenvalue weighted by Gasteiger charge is -2.10. The van der Waals surface area contributed by atoms with E-state index in [1.807, 2.05) is 6.08 Å². The van der Waals surface area contributed by atoms with Gasteiger partial charge in [-0.1, -0.05) is 54.6 Å². The van der Waals surface area contributed by atoms with Gasteiger partial charge in [-0.25, -0.2) is 0 Å². The molecule has 0 aromatic heterocycles. The molecule has 0 aliphatic heterocycles. The summed E-state index contributed by atoms with van der Waals surface area (Å²) in [5.74, 6) is 0. The Morgan fingerprint density at radius 1 is 1.21 bits per heavy atom. The van der Waals surface area contributed by atoms with Crippen LogP contribution in [0, 0.1) is 0 Å². The minimum Gasteiger partial charge on any atom is -0.305 e. The highest BCUT2D eigenvalue weighted by Crippen LogP contribution is 2.16. The zero-order valence-electron chi connectivity index (χ0n) is 11.2. The van der Waals surface area contributed by atoms with Crippen LogP contribution in [0.5, 0.6) is 0 Å². The maximum atomic E-state index is 4.97. The summed E-state index contributed by atoms with van der Waals surface area (Å²) in [5, 5.41) is 2.52. The van der Waals surface area contributed by atoms with E-state index in [2.05, 4.69) is 66.7 Å². The summed E-state index contributed by atoms with van der Waals surface area (Å²) in [7, 11) is 1.62. The average molecular weight is 253 g/mol.